The molecule has 1 aliphatic heterocycles. The van der Waals surface area contributed by atoms with Gasteiger partial charge in [-0.3, -0.25) is 4.79 Å². The summed E-state index contributed by atoms with van der Waals surface area (Å²) in [6, 6.07) is 12.7. The maximum atomic E-state index is 13.0. The lowest BCUT2D eigenvalue weighted by Crippen LogP contribution is -3.19. The molecule has 4 nitrogen and oxygen atoms in total. The average molecular weight is 395 g/mol. The van der Waals surface area contributed by atoms with E-state index in [2.05, 4.69) is 88.2 Å². The summed E-state index contributed by atoms with van der Waals surface area (Å²) in [7, 11) is 0. The molecule has 0 radical (unpaired) electrons. The first-order valence-electron chi connectivity index (χ1n) is 10.9. The first kappa shape index (κ1) is 21.4. The highest BCUT2D eigenvalue weighted by Gasteiger charge is 2.30. The van der Waals surface area contributed by atoms with E-state index < -0.39 is 0 Å². The molecule has 0 aliphatic carbocycles. The fourth-order valence-electron chi connectivity index (χ4n) is 4.31. The zero-order valence-electron chi connectivity index (χ0n) is 18.8. The van der Waals surface area contributed by atoms with Gasteiger partial charge >= 0.3 is 0 Å². The van der Waals surface area contributed by atoms with Gasteiger partial charge in [-0.15, -0.1) is 0 Å². The lowest BCUT2D eigenvalue weighted by molar-refractivity contribution is -0.914. The topological polar surface area (TPSA) is 36.8 Å². The Kier molecular flexibility index (Phi) is 6.63. The third kappa shape index (κ3) is 4.64. The largest absolute Gasteiger partial charge is 0.360 e. The van der Waals surface area contributed by atoms with E-state index in [9.17, 15) is 4.79 Å². The van der Waals surface area contributed by atoms with Crippen LogP contribution in [0, 0.1) is 20.8 Å². The van der Waals surface area contributed by atoms with Crippen molar-refractivity contribution in [2.24, 2.45) is 0 Å². The molecule has 2 aromatic carbocycles. The second-order valence-electron chi connectivity index (χ2n) is 8.77. The summed E-state index contributed by atoms with van der Waals surface area (Å²) in [6.45, 7) is 16.8. The van der Waals surface area contributed by atoms with Crippen molar-refractivity contribution in [3.05, 3.63) is 58.7 Å². The summed E-state index contributed by atoms with van der Waals surface area (Å²) in [4.78, 5) is 16.9. The van der Waals surface area contributed by atoms with E-state index in [0.717, 1.165) is 37.4 Å². The predicted molar refractivity (Wildman–Crippen MR) is 122 cm³/mol. The van der Waals surface area contributed by atoms with Crippen LogP contribution < -0.4 is 15.1 Å². The Labute approximate surface area is 175 Å². The predicted octanol–water partition coefficient (Wildman–Crippen LogP) is 3.47. The quantitative estimate of drug-likeness (QED) is 0.815. The van der Waals surface area contributed by atoms with Crippen LogP contribution in [-0.2, 0) is 4.79 Å². The summed E-state index contributed by atoms with van der Waals surface area (Å²) >= 11 is 0. The number of carbonyl (C=O) groups is 1. The summed E-state index contributed by atoms with van der Waals surface area (Å²) in [5.74, 6) is 0.505. The molecule has 0 aromatic heterocycles. The highest BCUT2D eigenvalue weighted by atomic mass is 16.2. The molecule has 1 fully saturated rings. The highest BCUT2D eigenvalue weighted by molar-refractivity contribution is 5.95. The number of nitrogens with zero attached hydrogens (tertiary/aromatic N) is 1. The number of benzene rings is 2. The van der Waals surface area contributed by atoms with Crippen LogP contribution in [0.15, 0.2) is 36.4 Å². The van der Waals surface area contributed by atoms with Crippen LogP contribution in [0.4, 0.5) is 11.4 Å². The molecule has 29 heavy (non-hydrogen) atoms. The van der Waals surface area contributed by atoms with Crippen LogP contribution >= 0.6 is 0 Å². The van der Waals surface area contributed by atoms with Crippen LogP contribution in [0.2, 0.25) is 0 Å². The normalized spacial score (nSPS) is 16.2. The Hall–Kier alpha value is -2.33. The Bertz CT molecular complexity index is 866. The van der Waals surface area contributed by atoms with Crippen molar-refractivity contribution in [2.45, 2.75) is 53.5 Å². The van der Waals surface area contributed by atoms with E-state index in [1.807, 2.05) is 0 Å². The zero-order valence-corrected chi connectivity index (χ0v) is 18.8. The van der Waals surface area contributed by atoms with Gasteiger partial charge in [0.05, 0.1) is 26.2 Å². The van der Waals surface area contributed by atoms with Crippen molar-refractivity contribution in [1.29, 1.82) is 0 Å². The number of aryl methyl sites for hydroxylation is 2. The number of carbonyl (C=O) groups excluding carboxylic acids is 1. The number of hydrogen-bond acceptors (Lipinski definition) is 2. The van der Waals surface area contributed by atoms with Crippen molar-refractivity contribution in [1.82, 2.24) is 0 Å². The van der Waals surface area contributed by atoms with Gasteiger partial charge in [0.1, 0.15) is 0 Å². The molecule has 1 amide bonds. The minimum atomic E-state index is -0.0598. The molecule has 1 heterocycles. The van der Waals surface area contributed by atoms with Crippen LogP contribution in [0.25, 0.3) is 0 Å². The first-order valence-corrected chi connectivity index (χ1v) is 10.9. The lowest BCUT2D eigenvalue weighted by Gasteiger charge is -2.37. The average Bonchev–Trinajstić information content (AvgIpc) is 2.71. The van der Waals surface area contributed by atoms with Crippen molar-refractivity contribution in [3.63, 3.8) is 0 Å². The maximum Gasteiger partial charge on any atom is 0.282 e. The first-order chi connectivity index (χ1) is 13.8. The molecular formula is C25H36N3O+. The fourth-order valence-corrected chi connectivity index (χ4v) is 4.31. The molecule has 1 saturated heterocycles. The van der Waals surface area contributed by atoms with Crippen molar-refractivity contribution in [2.75, 3.05) is 36.4 Å². The van der Waals surface area contributed by atoms with Crippen LogP contribution in [0.5, 0.6) is 0 Å². The van der Waals surface area contributed by atoms with Crippen LogP contribution in [0.3, 0.4) is 0 Å². The zero-order chi connectivity index (χ0) is 21.1. The molecule has 2 N–H and O–H groups in total. The smallest absolute Gasteiger partial charge is 0.282 e. The molecule has 1 atom stereocenters. The molecule has 3 rings (SSSR count). The van der Waals surface area contributed by atoms with Crippen LogP contribution in [0.1, 0.15) is 48.9 Å². The van der Waals surface area contributed by atoms with Crippen molar-refractivity contribution in [3.8, 4) is 0 Å². The summed E-state index contributed by atoms with van der Waals surface area (Å²) < 4.78 is 0. The molecule has 4 heteroatoms. The van der Waals surface area contributed by atoms with Crippen molar-refractivity contribution >= 4 is 17.3 Å². The van der Waals surface area contributed by atoms with Gasteiger partial charge in [0.15, 0.2) is 6.04 Å². The van der Waals surface area contributed by atoms with Gasteiger partial charge in [-0.2, -0.15) is 0 Å². The number of rotatable bonds is 5. The Morgan fingerprint density at radius 3 is 2.24 bits per heavy atom. The minimum Gasteiger partial charge on any atom is -0.360 e. The van der Waals surface area contributed by atoms with Gasteiger partial charge in [-0.25, -0.2) is 0 Å². The Morgan fingerprint density at radius 1 is 0.966 bits per heavy atom. The molecule has 0 unspecified atom stereocenters. The van der Waals surface area contributed by atoms with E-state index in [0.29, 0.717) is 5.92 Å². The Morgan fingerprint density at radius 2 is 1.59 bits per heavy atom. The monoisotopic (exact) mass is 394 g/mol. The third-order valence-electron chi connectivity index (χ3n) is 6.50. The van der Waals surface area contributed by atoms with Gasteiger partial charge in [0.2, 0.25) is 0 Å². The fraction of sp³-hybridized carbons (Fsp3) is 0.480. The SMILES string of the molecule is Cc1cccc(N2CC[NH+]([C@@H](C)C(=O)Nc3c(C)cccc3C(C)C)CC2)c1C. The number of nitrogens with one attached hydrogen (secondary N) is 2. The van der Waals surface area contributed by atoms with Gasteiger partial charge in [0.25, 0.3) is 5.91 Å². The third-order valence-corrected chi connectivity index (χ3v) is 6.50. The maximum absolute atomic E-state index is 13.0. The molecule has 0 spiro atoms. The van der Waals surface area contributed by atoms with E-state index in [-0.39, 0.29) is 11.9 Å². The Balaban J connectivity index is 1.65. The summed E-state index contributed by atoms with van der Waals surface area (Å²) in [5, 5.41) is 3.24. The number of quaternary nitrogens is 1. The number of piperazine rings is 1. The van der Waals surface area contributed by atoms with E-state index in [1.54, 1.807) is 0 Å². The van der Waals surface area contributed by atoms with E-state index >= 15 is 0 Å². The van der Waals surface area contributed by atoms with E-state index in [4.69, 9.17) is 0 Å². The van der Waals surface area contributed by atoms with Gasteiger partial charge < -0.3 is 15.1 Å². The second-order valence-corrected chi connectivity index (χ2v) is 8.77. The molecule has 156 valence electrons. The molecule has 0 bridgehead atoms. The van der Waals surface area contributed by atoms with Crippen molar-refractivity contribution < 1.29 is 9.69 Å². The summed E-state index contributed by atoms with van der Waals surface area (Å²) in [5.41, 5.74) is 7.37. The molecule has 0 saturated carbocycles. The second kappa shape index (κ2) is 9.00. The van der Waals surface area contributed by atoms with E-state index in [1.165, 1.54) is 27.3 Å². The number of para-hydroxylation sites is 1. The number of hydrogen-bond donors (Lipinski definition) is 2. The standard InChI is InChI=1S/C25H35N3O/c1-17(2)22-11-7-10-19(4)24(22)26-25(29)21(6)27-13-15-28(16-14-27)23-12-8-9-18(3)20(23)5/h7-12,17,21H,13-16H2,1-6H3,(H,26,29)/p+1/t21-/m0/s1. The molecule has 2 aromatic rings. The number of anilines is 2. The minimum absolute atomic E-state index is 0.0598. The lowest BCUT2D eigenvalue weighted by atomic mass is 9.98. The van der Waals surface area contributed by atoms with Gasteiger partial charge in [-0.1, -0.05) is 44.2 Å². The molecular weight excluding hydrogens is 358 g/mol. The number of amides is 1. The molecule has 1 aliphatic rings. The van der Waals surface area contributed by atoms with Gasteiger partial charge in [-0.05, 0) is 61.9 Å². The van der Waals surface area contributed by atoms with Gasteiger partial charge in [0, 0.05) is 11.4 Å². The highest BCUT2D eigenvalue weighted by Crippen LogP contribution is 2.27. The van der Waals surface area contributed by atoms with Crippen LogP contribution in [-0.4, -0.2) is 38.1 Å². The summed E-state index contributed by atoms with van der Waals surface area (Å²) in [6.07, 6.45) is 0.